The molecule has 0 amide bonds. The molecule has 2 N–H and O–H groups in total. The highest BCUT2D eigenvalue weighted by atomic mass is 32.2. The van der Waals surface area contributed by atoms with Crippen LogP contribution in [-0.2, 0) is 4.79 Å². The third-order valence-electron chi connectivity index (χ3n) is 2.82. The number of pyridine rings is 1. The molecule has 0 radical (unpaired) electrons. The largest absolute Gasteiger partial charge is 0.480 e. The Balaban J connectivity index is 2.26. The first-order chi connectivity index (χ1) is 9.61. The number of fused-ring (bicyclic) bond motifs is 1. The smallest absolute Gasteiger partial charge is 0.317 e. The Morgan fingerprint density at radius 1 is 1.50 bits per heavy atom. The number of carboxylic acids is 1. The number of H-pyrrole nitrogens is 1. The Labute approximate surface area is 119 Å². The molecule has 1 atom stereocenters. The number of thioether (sulfide) groups is 1. The van der Waals surface area contributed by atoms with Crippen LogP contribution in [0, 0.1) is 0 Å². The maximum Gasteiger partial charge on any atom is 0.317 e. The summed E-state index contributed by atoms with van der Waals surface area (Å²) in [5.74, 6) is -0.856. The van der Waals surface area contributed by atoms with Crippen LogP contribution < -0.4 is 5.56 Å². The zero-order chi connectivity index (χ0) is 14.5. The van der Waals surface area contributed by atoms with Crippen LogP contribution in [0.25, 0.3) is 11.0 Å². The van der Waals surface area contributed by atoms with Crippen molar-refractivity contribution in [3.63, 3.8) is 0 Å². The zero-order valence-corrected chi connectivity index (χ0v) is 11.8. The fraction of sp³-hybridized carbons (Fsp3) is 0.385. The maximum atomic E-state index is 11.6. The predicted octanol–water partition coefficient (Wildman–Crippen LogP) is 2.05. The van der Waals surface area contributed by atoms with Crippen LogP contribution in [-0.4, -0.2) is 31.3 Å². The number of aromatic nitrogens is 3. The lowest BCUT2D eigenvalue weighted by molar-refractivity contribution is -0.136. The summed E-state index contributed by atoms with van der Waals surface area (Å²) in [6.07, 6.45) is 3.69. The monoisotopic (exact) mass is 293 g/mol. The Hall–Kier alpha value is -1.89. The van der Waals surface area contributed by atoms with Gasteiger partial charge in [-0.05, 0) is 18.6 Å². The summed E-state index contributed by atoms with van der Waals surface area (Å²) in [7, 11) is 0. The quantitative estimate of drug-likeness (QED) is 0.791. The van der Waals surface area contributed by atoms with Gasteiger partial charge in [-0.25, -0.2) is 9.97 Å². The normalized spacial score (nSPS) is 12.4. The summed E-state index contributed by atoms with van der Waals surface area (Å²) in [5.41, 5.74) is 0.411. The molecule has 1 unspecified atom stereocenters. The summed E-state index contributed by atoms with van der Waals surface area (Å²) in [6, 6.07) is 3.37. The number of unbranched alkanes of at least 4 members (excludes halogenated alkanes) is 1. The highest BCUT2D eigenvalue weighted by molar-refractivity contribution is 8.00. The van der Waals surface area contributed by atoms with Crippen molar-refractivity contribution in [2.24, 2.45) is 0 Å². The summed E-state index contributed by atoms with van der Waals surface area (Å²) in [6.45, 7) is 2.02. The Kier molecular flexibility index (Phi) is 4.73. The fourth-order valence-electron chi connectivity index (χ4n) is 1.77. The van der Waals surface area contributed by atoms with Crippen LogP contribution >= 0.6 is 11.8 Å². The molecule has 0 aromatic carbocycles. The Morgan fingerprint density at radius 3 is 3.00 bits per heavy atom. The van der Waals surface area contributed by atoms with E-state index in [0.29, 0.717) is 17.0 Å². The number of hydrogen-bond donors (Lipinski definition) is 2. The predicted molar refractivity (Wildman–Crippen MR) is 77.0 cm³/mol. The van der Waals surface area contributed by atoms with E-state index in [4.69, 9.17) is 0 Å². The van der Waals surface area contributed by atoms with Crippen molar-refractivity contribution in [2.75, 3.05) is 0 Å². The number of nitrogens with zero attached hydrogens (tertiary/aromatic N) is 2. The van der Waals surface area contributed by atoms with E-state index in [0.717, 1.165) is 12.8 Å². The van der Waals surface area contributed by atoms with E-state index in [9.17, 15) is 14.7 Å². The van der Waals surface area contributed by atoms with E-state index in [-0.39, 0.29) is 11.1 Å². The van der Waals surface area contributed by atoms with Crippen molar-refractivity contribution in [1.82, 2.24) is 15.0 Å². The molecule has 0 saturated heterocycles. The van der Waals surface area contributed by atoms with Gasteiger partial charge in [-0.15, -0.1) is 0 Å². The number of rotatable bonds is 6. The van der Waals surface area contributed by atoms with Gasteiger partial charge >= 0.3 is 5.97 Å². The molecule has 0 spiro atoms. The number of aliphatic carboxylic acids is 1. The third-order valence-corrected chi connectivity index (χ3v) is 4.01. The average Bonchev–Trinajstić information content (AvgIpc) is 2.44. The van der Waals surface area contributed by atoms with E-state index in [1.165, 1.54) is 18.1 Å². The molecule has 0 aliphatic rings. The first-order valence-corrected chi connectivity index (χ1v) is 7.23. The molecule has 0 aliphatic carbocycles. The topological polar surface area (TPSA) is 95.9 Å². The molecule has 2 rings (SSSR count). The zero-order valence-electron chi connectivity index (χ0n) is 11.0. The van der Waals surface area contributed by atoms with Gasteiger partial charge in [0.25, 0.3) is 5.56 Å². The van der Waals surface area contributed by atoms with Gasteiger partial charge in [0.15, 0.2) is 5.52 Å². The van der Waals surface area contributed by atoms with Crippen LogP contribution in [0.4, 0.5) is 0 Å². The van der Waals surface area contributed by atoms with Crippen molar-refractivity contribution in [3.05, 3.63) is 28.8 Å². The molecule has 2 aromatic rings. The first kappa shape index (κ1) is 14.5. The van der Waals surface area contributed by atoms with Gasteiger partial charge in [-0.3, -0.25) is 9.59 Å². The minimum Gasteiger partial charge on any atom is -0.480 e. The van der Waals surface area contributed by atoms with Crippen molar-refractivity contribution in [1.29, 1.82) is 0 Å². The second-order valence-electron chi connectivity index (χ2n) is 4.34. The van der Waals surface area contributed by atoms with Crippen LogP contribution in [0.5, 0.6) is 0 Å². The number of carbonyl (C=O) groups is 1. The molecule has 6 nitrogen and oxygen atoms in total. The van der Waals surface area contributed by atoms with E-state index in [2.05, 4.69) is 15.0 Å². The van der Waals surface area contributed by atoms with Gasteiger partial charge in [0, 0.05) is 0 Å². The van der Waals surface area contributed by atoms with Crippen molar-refractivity contribution in [2.45, 2.75) is 36.5 Å². The molecular formula is C13H15N3O3S. The first-order valence-electron chi connectivity index (χ1n) is 6.35. The van der Waals surface area contributed by atoms with Crippen molar-refractivity contribution in [3.8, 4) is 0 Å². The number of aromatic amines is 1. The second kappa shape index (κ2) is 6.51. The van der Waals surface area contributed by atoms with E-state index >= 15 is 0 Å². The molecule has 2 heterocycles. The lowest BCUT2D eigenvalue weighted by atomic mass is 10.2. The number of nitrogens with one attached hydrogen (secondary N) is 1. The van der Waals surface area contributed by atoms with E-state index in [1.807, 2.05) is 6.92 Å². The van der Waals surface area contributed by atoms with Crippen LogP contribution in [0.3, 0.4) is 0 Å². The summed E-state index contributed by atoms with van der Waals surface area (Å²) in [4.78, 5) is 33.5. The molecule has 0 fully saturated rings. The van der Waals surface area contributed by atoms with Gasteiger partial charge in [-0.1, -0.05) is 31.5 Å². The third kappa shape index (κ3) is 3.36. The summed E-state index contributed by atoms with van der Waals surface area (Å²) < 4.78 is 0. The molecule has 0 bridgehead atoms. The van der Waals surface area contributed by atoms with Crippen LogP contribution in [0.15, 0.2) is 28.3 Å². The van der Waals surface area contributed by atoms with Crippen LogP contribution in [0.2, 0.25) is 0 Å². The lowest BCUT2D eigenvalue weighted by Crippen LogP contribution is -2.16. The number of carboxylic acid groups (broad SMARTS) is 1. The molecule has 0 saturated carbocycles. The molecular weight excluding hydrogens is 278 g/mol. The van der Waals surface area contributed by atoms with Crippen molar-refractivity contribution < 1.29 is 9.90 Å². The fourth-order valence-corrected chi connectivity index (χ4v) is 2.74. The average molecular weight is 293 g/mol. The van der Waals surface area contributed by atoms with Gasteiger partial charge in [0.05, 0.1) is 16.9 Å². The molecule has 20 heavy (non-hydrogen) atoms. The molecule has 0 aliphatic heterocycles. The summed E-state index contributed by atoms with van der Waals surface area (Å²) in [5, 5.41) is 9.18. The second-order valence-corrected chi connectivity index (χ2v) is 5.56. The standard InChI is InChI=1S/C13H15N3O3S/c1-2-3-4-9(13(18)19)20-10-6-5-8-11(16-10)12(17)15-7-14-8/h5-7,9H,2-4H2,1H3,(H,18,19)(H,14,15,17). The van der Waals surface area contributed by atoms with Gasteiger partial charge in [0.2, 0.25) is 0 Å². The Bertz CT molecular complexity index is 671. The molecule has 7 heteroatoms. The lowest BCUT2D eigenvalue weighted by Gasteiger charge is -2.10. The minimum atomic E-state index is -0.856. The SMILES string of the molecule is CCCCC(Sc1ccc2nc[nH]c(=O)c2n1)C(=O)O. The molecule has 2 aromatic heterocycles. The highest BCUT2D eigenvalue weighted by Crippen LogP contribution is 2.26. The van der Waals surface area contributed by atoms with Gasteiger partial charge in [0.1, 0.15) is 5.25 Å². The highest BCUT2D eigenvalue weighted by Gasteiger charge is 2.19. The van der Waals surface area contributed by atoms with E-state index < -0.39 is 11.2 Å². The maximum absolute atomic E-state index is 11.6. The Morgan fingerprint density at radius 2 is 2.30 bits per heavy atom. The van der Waals surface area contributed by atoms with Gasteiger partial charge in [-0.2, -0.15) is 0 Å². The van der Waals surface area contributed by atoms with Crippen LogP contribution in [0.1, 0.15) is 26.2 Å². The van der Waals surface area contributed by atoms with Gasteiger partial charge < -0.3 is 10.1 Å². The van der Waals surface area contributed by atoms with E-state index in [1.54, 1.807) is 12.1 Å². The molecule has 106 valence electrons. The van der Waals surface area contributed by atoms with Crippen molar-refractivity contribution >= 4 is 28.8 Å². The number of hydrogen-bond acceptors (Lipinski definition) is 5. The summed E-state index contributed by atoms with van der Waals surface area (Å²) >= 11 is 1.17. The minimum absolute atomic E-state index is 0.233.